The van der Waals surface area contributed by atoms with E-state index in [1.54, 1.807) is 6.08 Å². The lowest BCUT2D eigenvalue weighted by Crippen LogP contribution is -2.45. The molecule has 0 unspecified atom stereocenters. The number of Topliss-reactive ketones (excluding diaryl/α,β-unsaturated/α-hetero) is 1. The molecule has 0 saturated carbocycles. The van der Waals surface area contributed by atoms with E-state index in [9.17, 15) is 15.3 Å². The lowest BCUT2D eigenvalue weighted by Gasteiger charge is -2.49. The highest BCUT2D eigenvalue weighted by atomic mass is 16.5. The van der Waals surface area contributed by atoms with E-state index in [1.165, 1.54) is 18.2 Å². The van der Waals surface area contributed by atoms with Crippen molar-refractivity contribution in [2.24, 2.45) is 0 Å². The van der Waals surface area contributed by atoms with Crippen LogP contribution in [0.3, 0.4) is 0 Å². The summed E-state index contributed by atoms with van der Waals surface area (Å²) in [6, 6.07) is 5.91. The SMILES string of the molecule is CC(=O)C1=Cc2cc3c4c(c2OC1=C(C#N)C#N)C(C)(C)CCN4CCC3(C)C. The molecule has 1 aromatic carbocycles. The zero-order chi connectivity index (χ0) is 21.1. The number of rotatable bonds is 1. The molecule has 0 amide bonds. The van der Waals surface area contributed by atoms with Gasteiger partial charge in [-0.1, -0.05) is 27.7 Å². The molecule has 0 aromatic heterocycles. The number of hydrogen-bond donors (Lipinski definition) is 0. The first-order chi connectivity index (χ1) is 13.6. The Morgan fingerprint density at radius 2 is 1.72 bits per heavy atom. The summed E-state index contributed by atoms with van der Waals surface area (Å²) in [5.41, 5.74) is 4.49. The number of ether oxygens (including phenoxy) is 1. The number of ketones is 1. The van der Waals surface area contributed by atoms with Crippen molar-refractivity contribution >= 4 is 17.5 Å². The van der Waals surface area contributed by atoms with Crippen LogP contribution in [0.4, 0.5) is 5.69 Å². The second-order valence-electron chi connectivity index (χ2n) is 9.46. The number of benzene rings is 1. The average molecular weight is 387 g/mol. The van der Waals surface area contributed by atoms with Crippen molar-refractivity contribution in [1.82, 2.24) is 0 Å². The highest BCUT2D eigenvalue weighted by Gasteiger charge is 2.43. The number of fused-ring (bicyclic) bond motifs is 2. The molecule has 0 atom stereocenters. The number of nitriles is 2. The Bertz CT molecular complexity index is 1070. The van der Waals surface area contributed by atoms with Gasteiger partial charge in [-0.15, -0.1) is 0 Å². The molecule has 1 aromatic rings. The van der Waals surface area contributed by atoms with E-state index in [0.717, 1.165) is 37.1 Å². The molecule has 0 aliphatic carbocycles. The van der Waals surface area contributed by atoms with Gasteiger partial charge in [0.25, 0.3) is 0 Å². The Labute approximate surface area is 171 Å². The van der Waals surface area contributed by atoms with Gasteiger partial charge in [0.2, 0.25) is 0 Å². The van der Waals surface area contributed by atoms with E-state index in [-0.39, 0.29) is 33.5 Å². The molecule has 148 valence electrons. The zero-order valence-corrected chi connectivity index (χ0v) is 17.6. The minimum atomic E-state index is -0.222. The smallest absolute Gasteiger partial charge is 0.172 e. The van der Waals surface area contributed by atoms with Crippen molar-refractivity contribution in [2.45, 2.75) is 58.3 Å². The fourth-order valence-electron chi connectivity index (χ4n) is 4.74. The number of carbonyl (C=O) groups excluding carboxylic acids is 1. The molecule has 5 nitrogen and oxygen atoms in total. The molecule has 0 spiro atoms. The Morgan fingerprint density at radius 1 is 1.10 bits per heavy atom. The van der Waals surface area contributed by atoms with Crippen molar-refractivity contribution in [1.29, 1.82) is 10.5 Å². The van der Waals surface area contributed by atoms with Crippen LogP contribution in [0.25, 0.3) is 6.08 Å². The van der Waals surface area contributed by atoms with E-state index in [4.69, 9.17) is 4.74 Å². The molecule has 0 fully saturated rings. The minimum absolute atomic E-state index is 0.0217. The van der Waals surface area contributed by atoms with Gasteiger partial charge in [-0.2, -0.15) is 10.5 Å². The topological polar surface area (TPSA) is 77.1 Å². The highest BCUT2D eigenvalue weighted by Crippen LogP contribution is 2.55. The van der Waals surface area contributed by atoms with Crippen LogP contribution in [-0.2, 0) is 15.6 Å². The molecule has 0 saturated heterocycles. The maximum Gasteiger partial charge on any atom is 0.172 e. The zero-order valence-electron chi connectivity index (χ0n) is 17.6. The van der Waals surface area contributed by atoms with Crippen molar-refractivity contribution in [3.8, 4) is 17.9 Å². The Kier molecular flexibility index (Phi) is 4.14. The maximum absolute atomic E-state index is 12.3. The van der Waals surface area contributed by atoms with Crippen LogP contribution in [0.1, 0.15) is 64.2 Å². The average Bonchev–Trinajstić information content (AvgIpc) is 2.66. The summed E-state index contributed by atoms with van der Waals surface area (Å²) in [5, 5.41) is 18.8. The molecule has 4 rings (SSSR count). The molecule has 0 N–H and O–H groups in total. The quantitative estimate of drug-likeness (QED) is 0.662. The Hall–Kier alpha value is -3.05. The first-order valence-electron chi connectivity index (χ1n) is 10.0. The second kappa shape index (κ2) is 6.22. The summed E-state index contributed by atoms with van der Waals surface area (Å²) in [7, 11) is 0. The number of anilines is 1. The molecule has 3 heterocycles. The summed E-state index contributed by atoms with van der Waals surface area (Å²) in [6.45, 7) is 12.4. The molecule has 0 bridgehead atoms. The maximum atomic E-state index is 12.3. The summed E-state index contributed by atoms with van der Waals surface area (Å²) >= 11 is 0. The predicted octanol–water partition coefficient (Wildman–Crippen LogP) is 4.52. The van der Waals surface area contributed by atoms with Crippen molar-refractivity contribution in [2.75, 3.05) is 18.0 Å². The van der Waals surface area contributed by atoms with E-state index in [2.05, 4.69) is 38.7 Å². The van der Waals surface area contributed by atoms with Gasteiger partial charge < -0.3 is 9.64 Å². The molecular formula is C24H25N3O2. The van der Waals surface area contributed by atoms with E-state index in [0.29, 0.717) is 5.75 Å². The molecule has 5 heteroatoms. The normalized spacial score (nSPS) is 20.3. The first kappa shape index (κ1) is 19.3. The van der Waals surface area contributed by atoms with Gasteiger partial charge in [0.15, 0.2) is 17.1 Å². The van der Waals surface area contributed by atoms with Crippen molar-refractivity contribution in [3.63, 3.8) is 0 Å². The fraction of sp³-hybridized carbons (Fsp3) is 0.458. The van der Waals surface area contributed by atoms with Crippen LogP contribution in [-0.4, -0.2) is 18.9 Å². The molecular weight excluding hydrogens is 362 g/mol. The largest absolute Gasteiger partial charge is 0.453 e. The van der Waals surface area contributed by atoms with E-state index < -0.39 is 0 Å². The summed E-state index contributed by atoms with van der Waals surface area (Å²) in [6.07, 6.45) is 3.86. The van der Waals surface area contributed by atoms with Crippen molar-refractivity contribution in [3.05, 3.63) is 39.7 Å². The summed E-state index contributed by atoms with van der Waals surface area (Å²) < 4.78 is 6.24. The van der Waals surface area contributed by atoms with Crippen molar-refractivity contribution < 1.29 is 9.53 Å². The third-order valence-electron chi connectivity index (χ3n) is 6.60. The van der Waals surface area contributed by atoms with Gasteiger partial charge >= 0.3 is 0 Å². The fourth-order valence-corrected chi connectivity index (χ4v) is 4.74. The number of allylic oxidation sites excluding steroid dienone is 2. The Balaban J connectivity index is 2.10. The number of hydrogen-bond acceptors (Lipinski definition) is 5. The van der Waals surface area contributed by atoms with Crippen LogP contribution in [0, 0.1) is 22.7 Å². The summed E-state index contributed by atoms with van der Waals surface area (Å²) in [5.74, 6) is 0.536. The molecule has 29 heavy (non-hydrogen) atoms. The van der Waals surface area contributed by atoms with Gasteiger partial charge in [-0.25, -0.2) is 0 Å². The monoisotopic (exact) mass is 387 g/mol. The highest BCUT2D eigenvalue weighted by molar-refractivity contribution is 6.04. The summed E-state index contributed by atoms with van der Waals surface area (Å²) in [4.78, 5) is 14.7. The number of nitrogens with zero attached hydrogens (tertiary/aromatic N) is 3. The van der Waals surface area contributed by atoms with Gasteiger partial charge in [0, 0.05) is 29.9 Å². The third kappa shape index (κ3) is 2.76. The lowest BCUT2D eigenvalue weighted by atomic mass is 9.68. The minimum Gasteiger partial charge on any atom is -0.453 e. The van der Waals surface area contributed by atoms with E-state index >= 15 is 0 Å². The van der Waals surface area contributed by atoms with Crippen LogP contribution < -0.4 is 9.64 Å². The lowest BCUT2D eigenvalue weighted by molar-refractivity contribution is -0.113. The van der Waals surface area contributed by atoms with Crippen LogP contribution in [0.5, 0.6) is 5.75 Å². The predicted molar refractivity (Wildman–Crippen MR) is 111 cm³/mol. The second-order valence-corrected chi connectivity index (χ2v) is 9.46. The van der Waals surface area contributed by atoms with Crippen LogP contribution in [0.15, 0.2) is 23.0 Å². The van der Waals surface area contributed by atoms with Gasteiger partial charge in [0.1, 0.15) is 17.9 Å². The van der Waals surface area contributed by atoms with Gasteiger partial charge in [0.05, 0.1) is 5.57 Å². The van der Waals surface area contributed by atoms with E-state index in [1.807, 2.05) is 12.1 Å². The standard InChI is InChI=1S/C24H25N3O2/c1-14(28)17-10-15-11-18-20-19(22(15)29-21(17)16(12-25)13-26)24(4,5)7-9-27(20)8-6-23(18,2)3/h10-11H,6-9H2,1-5H3. The number of carbonyl (C=O) groups is 1. The molecule has 3 aliphatic heterocycles. The third-order valence-corrected chi connectivity index (χ3v) is 6.60. The molecule has 3 aliphatic rings. The van der Waals surface area contributed by atoms with Gasteiger partial charge in [-0.05, 0) is 48.3 Å². The molecule has 0 radical (unpaired) electrons. The first-order valence-corrected chi connectivity index (χ1v) is 10.0. The van der Waals surface area contributed by atoms with Crippen LogP contribution in [0.2, 0.25) is 0 Å². The van der Waals surface area contributed by atoms with Gasteiger partial charge in [-0.3, -0.25) is 4.79 Å². The van der Waals surface area contributed by atoms with Crippen LogP contribution >= 0.6 is 0 Å². The Morgan fingerprint density at radius 3 is 2.31 bits per heavy atom.